The molecule has 5 heteroatoms. The fraction of sp³-hybridized carbons (Fsp3) is 0.600. The largest absolute Gasteiger partial charge is 0.493 e. The van der Waals surface area contributed by atoms with E-state index in [0.717, 1.165) is 12.0 Å². The molecule has 0 N–H and O–H groups in total. The van der Waals surface area contributed by atoms with Gasteiger partial charge >= 0.3 is 0 Å². The van der Waals surface area contributed by atoms with Gasteiger partial charge in [0, 0.05) is 24.4 Å². The molecule has 1 aromatic heterocycles. The molecule has 0 saturated heterocycles. The topological polar surface area (TPSA) is 35.0 Å². The Balaban J connectivity index is 1.75. The number of alkyl halides is 2. The minimum Gasteiger partial charge on any atom is -0.493 e. The number of nitrogens with zero attached hydrogens (tertiary/aromatic N) is 2. The fourth-order valence-electron chi connectivity index (χ4n) is 3.37. The summed E-state index contributed by atoms with van der Waals surface area (Å²) in [6, 6.07) is 7.41. The Morgan fingerprint density at radius 1 is 0.800 bits per heavy atom. The minimum absolute atomic E-state index is 0.0616. The molecule has 0 aliphatic heterocycles. The lowest BCUT2D eigenvalue weighted by Crippen LogP contribution is -2.19. The van der Waals surface area contributed by atoms with Crippen molar-refractivity contribution in [2.75, 3.05) is 6.61 Å². The third-order valence-corrected chi connectivity index (χ3v) is 5.26. The van der Waals surface area contributed by atoms with Gasteiger partial charge in [-0.3, -0.25) is 0 Å². The normalized spacial score (nSPS) is 13.2. The predicted molar refractivity (Wildman–Crippen MR) is 119 cm³/mol. The Labute approximate surface area is 180 Å². The van der Waals surface area contributed by atoms with Gasteiger partial charge in [-0.15, -0.1) is 0 Å². The first-order valence-electron chi connectivity index (χ1n) is 11.5. The van der Waals surface area contributed by atoms with Crippen LogP contribution in [0.15, 0.2) is 36.7 Å². The second kappa shape index (κ2) is 14.1. The molecule has 0 aliphatic rings. The molecule has 166 valence electrons. The SMILES string of the molecule is CCCCCCCCc1cnc(-c2ccc(OCCC(F)C(F)CCC)cc2)nc1. The van der Waals surface area contributed by atoms with Crippen LogP contribution in [0.3, 0.4) is 0 Å². The molecule has 1 aromatic carbocycles. The fourth-order valence-corrected chi connectivity index (χ4v) is 3.37. The summed E-state index contributed by atoms with van der Waals surface area (Å²) in [6.45, 7) is 4.25. The number of rotatable bonds is 15. The molecule has 30 heavy (non-hydrogen) atoms. The van der Waals surface area contributed by atoms with E-state index in [1.165, 1.54) is 44.1 Å². The maximum atomic E-state index is 13.7. The Morgan fingerprint density at radius 2 is 1.43 bits per heavy atom. The van der Waals surface area contributed by atoms with Crippen LogP contribution in [-0.2, 0) is 6.42 Å². The summed E-state index contributed by atoms with van der Waals surface area (Å²) in [7, 11) is 0. The zero-order valence-electron chi connectivity index (χ0n) is 18.5. The lowest BCUT2D eigenvalue weighted by molar-refractivity contribution is 0.129. The van der Waals surface area contributed by atoms with Crippen LogP contribution in [0.1, 0.15) is 77.2 Å². The molecule has 0 radical (unpaired) electrons. The first-order valence-corrected chi connectivity index (χ1v) is 11.5. The summed E-state index contributed by atoms with van der Waals surface area (Å²) in [5.74, 6) is 1.31. The predicted octanol–water partition coefficient (Wildman–Crippen LogP) is 7.29. The van der Waals surface area contributed by atoms with Gasteiger partial charge in [0.2, 0.25) is 0 Å². The van der Waals surface area contributed by atoms with E-state index < -0.39 is 12.3 Å². The van der Waals surface area contributed by atoms with E-state index in [0.29, 0.717) is 18.0 Å². The maximum Gasteiger partial charge on any atom is 0.159 e. The van der Waals surface area contributed by atoms with Crippen molar-refractivity contribution in [2.45, 2.75) is 90.4 Å². The smallest absolute Gasteiger partial charge is 0.159 e. The highest BCUT2D eigenvalue weighted by atomic mass is 19.2. The first-order chi connectivity index (χ1) is 14.6. The molecule has 0 aliphatic carbocycles. The van der Waals surface area contributed by atoms with Gasteiger partial charge < -0.3 is 4.74 Å². The molecule has 0 amide bonds. The summed E-state index contributed by atoms with van der Waals surface area (Å²) < 4.78 is 32.7. The molecule has 0 spiro atoms. The Hall–Kier alpha value is -2.04. The molecular formula is C25H36F2N2O. The average Bonchev–Trinajstić information content (AvgIpc) is 2.77. The van der Waals surface area contributed by atoms with E-state index in [-0.39, 0.29) is 19.4 Å². The van der Waals surface area contributed by atoms with Crippen LogP contribution in [0.25, 0.3) is 11.4 Å². The number of ether oxygens (including phenoxy) is 1. The number of hydrogen-bond acceptors (Lipinski definition) is 3. The van der Waals surface area contributed by atoms with Crippen LogP contribution in [0.5, 0.6) is 5.75 Å². The van der Waals surface area contributed by atoms with Crippen LogP contribution in [0.4, 0.5) is 8.78 Å². The number of aryl methyl sites for hydroxylation is 1. The van der Waals surface area contributed by atoms with E-state index >= 15 is 0 Å². The Kier molecular flexibility index (Phi) is 11.3. The number of unbranched alkanes of at least 4 members (excludes halogenated alkanes) is 5. The van der Waals surface area contributed by atoms with E-state index in [1.54, 1.807) is 0 Å². The average molecular weight is 419 g/mol. The van der Waals surface area contributed by atoms with Gasteiger partial charge in [-0.2, -0.15) is 0 Å². The first kappa shape index (κ1) is 24.2. The summed E-state index contributed by atoms with van der Waals surface area (Å²) >= 11 is 0. The molecule has 2 rings (SSSR count). The highest BCUT2D eigenvalue weighted by Crippen LogP contribution is 2.21. The van der Waals surface area contributed by atoms with Crippen LogP contribution >= 0.6 is 0 Å². The van der Waals surface area contributed by atoms with Crippen LogP contribution in [0, 0.1) is 0 Å². The lowest BCUT2D eigenvalue weighted by Gasteiger charge is -2.13. The van der Waals surface area contributed by atoms with E-state index in [1.807, 2.05) is 43.6 Å². The molecule has 1 heterocycles. The van der Waals surface area contributed by atoms with Crippen LogP contribution < -0.4 is 4.74 Å². The second-order valence-corrected chi connectivity index (χ2v) is 7.91. The monoisotopic (exact) mass is 418 g/mol. The zero-order chi connectivity index (χ0) is 21.6. The zero-order valence-corrected chi connectivity index (χ0v) is 18.5. The molecule has 2 aromatic rings. The number of aromatic nitrogens is 2. The molecule has 0 bridgehead atoms. The van der Waals surface area contributed by atoms with Crippen LogP contribution in [-0.4, -0.2) is 28.9 Å². The van der Waals surface area contributed by atoms with Crippen molar-refractivity contribution < 1.29 is 13.5 Å². The van der Waals surface area contributed by atoms with Crippen LogP contribution in [0.2, 0.25) is 0 Å². The van der Waals surface area contributed by atoms with E-state index in [4.69, 9.17) is 4.74 Å². The van der Waals surface area contributed by atoms with Gasteiger partial charge in [0.05, 0.1) is 6.61 Å². The quantitative estimate of drug-likeness (QED) is 0.285. The minimum atomic E-state index is -1.47. The third-order valence-electron chi connectivity index (χ3n) is 5.26. The molecule has 0 saturated carbocycles. The van der Waals surface area contributed by atoms with Gasteiger partial charge in [0.15, 0.2) is 5.82 Å². The highest BCUT2D eigenvalue weighted by molar-refractivity contribution is 5.55. The van der Waals surface area contributed by atoms with Crippen molar-refractivity contribution in [3.63, 3.8) is 0 Å². The molecule has 2 unspecified atom stereocenters. The standard InChI is InChI=1S/C25H36F2N2O/c1-3-5-6-7-8-9-11-20-18-28-25(29-19-20)21-12-14-22(15-13-21)30-17-16-24(27)23(26)10-4-2/h12-15,18-19,23-24H,3-11,16-17H2,1-2H3. The lowest BCUT2D eigenvalue weighted by atomic mass is 10.1. The number of halogens is 2. The maximum absolute atomic E-state index is 13.7. The third kappa shape index (κ3) is 8.76. The van der Waals surface area contributed by atoms with Crippen molar-refractivity contribution >= 4 is 0 Å². The van der Waals surface area contributed by atoms with E-state index in [9.17, 15) is 8.78 Å². The summed E-state index contributed by atoms with van der Waals surface area (Å²) in [6.07, 6.45) is 10.6. The summed E-state index contributed by atoms with van der Waals surface area (Å²) in [5.41, 5.74) is 2.08. The summed E-state index contributed by atoms with van der Waals surface area (Å²) in [5, 5.41) is 0. The molecule has 2 atom stereocenters. The van der Waals surface area contributed by atoms with Crippen molar-refractivity contribution in [1.29, 1.82) is 0 Å². The van der Waals surface area contributed by atoms with Gasteiger partial charge in [-0.1, -0.05) is 52.4 Å². The van der Waals surface area contributed by atoms with Crippen molar-refractivity contribution in [3.8, 4) is 17.1 Å². The van der Waals surface area contributed by atoms with Crippen molar-refractivity contribution in [2.24, 2.45) is 0 Å². The molecular weight excluding hydrogens is 382 g/mol. The molecule has 3 nitrogen and oxygen atoms in total. The number of benzene rings is 1. The van der Waals surface area contributed by atoms with Gasteiger partial charge in [0.1, 0.15) is 18.1 Å². The highest BCUT2D eigenvalue weighted by Gasteiger charge is 2.19. The number of hydrogen-bond donors (Lipinski definition) is 0. The van der Waals surface area contributed by atoms with E-state index in [2.05, 4.69) is 16.9 Å². The Bertz CT molecular complexity index is 691. The Morgan fingerprint density at radius 3 is 2.10 bits per heavy atom. The van der Waals surface area contributed by atoms with Gasteiger partial charge in [-0.25, -0.2) is 18.7 Å². The molecule has 0 fully saturated rings. The summed E-state index contributed by atoms with van der Waals surface area (Å²) in [4.78, 5) is 8.97. The van der Waals surface area contributed by atoms with Crippen molar-refractivity contribution in [3.05, 3.63) is 42.2 Å². The second-order valence-electron chi connectivity index (χ2n) is 7.91. The van der Waals surface area contributed by atoms with Gasteiger partial charge in [-0.05, 0) is 49.1 Å². The van der Waals surface area contributed by atoms with Gasteiger partial charge in [0.25, 0.3) is 0 Å². The van der Waals surface area contributed by atoms with Crippen molar-refractivity contribution in [1.82, 2.24) is 9.97 Å².